The van der Waals surface area contributed by atoms with Crippen molar-refractivity contribution in [3.05, 3.63) is 72.2 Å². The molecule has 0 bridgehead atoms. The van der Waals surface area contributed by atoms with Crippen LogP contribution in [0, 0.1) is 6.92 Å². The summed E-state index contributed by atoms with van der Waals surface area (Å²) in [6.45, 7) is 2.42. The Balaban J connectivity index is 1.67. The quantitative estimate of drug-likeness (QED) is 0.650. The second-order valence-electron chi connectivity index (χ2n) is 5.88. The summed E-state index contributed by atoms with van der Waals surface area (Å²) in [6, 6.07) is 11.9. The number of hydrogen-bond acceptors (Lipinski definition) is 6. The first-order chi connectivity index (χ1) is 13.0. The van der Waals surface area contributed by atoms with Gasteiger partial charge in [0.1, 0.15) is 11.6 Å². The molecule has 7 nitrogen and oxygen atoms in total. The Hall–Kier alpha value is -3.13. The molecule has 27 heavy (non-hydrogen) atoms. The number of nitrogens with zero attached hydrogens (tertiary/aromatic N) is 2. The summed E-state index contributed by atoms with van der Waals surface area (Å²) < 4.78 is 32.7. The van der Waals surface area contributed by atoms with Gasteiger partial charge in [0.15, 0.2) is 0 Å². The molecule has 0 amide bonds. The SMILES string of the molecule is COc1ccc(S(=O)(=O)Nc2ccc(NCc3ccncc3)cn2)cc1C. The maximum absolute atomic E-state index is 12.5. The van der Waals surface area contributed by atoms with Crippen LogP contribution in [0.5, 0.6) is 5.75 Å². The van der Waals surface area contributed by atoms with Crippen LogP contribution < -0.4 is 14.8 Å². The predicted octanol–water partition coefficient (Wildman–Crippen LogP) is 3.21. The molecule has 140 valence electrons. The van der Waals surface area contributed by atoms with Crippen LogP contribution in [-0.4, -0.2) is 25.5 Å². The third-order valence-corrected chi connectivity index (χ3v) is 5.28. The molecule has 2 heterocycles. The fourth-order valence-electron chi connectivity index (χ4n) is 2.48. The number of sulfonamides is 1. The molecule has 2 aromatic heterocycles. The van der Waals surface area contributed by atoms with E-state index in [1.807, 2.05) is 12.1 Å². The molecule has 3 rings (SSSR count). The highest BCUT2D eigenvalue weighted by Gasteiger charge is 2.16. The van der Waals surface area contributed by atoms with E-state index in [0.29, 0.717) is 12.3 Å². The van der Waals surface area contributed by atoms with Gasteiger partial charge in [-0.15, -0.1) is 0 Å². The van der Waals surface area contributed by atoms with Crippen LogP contribution in [0.4, 0.5) is 11.5 Å². The van der Waals surface area contributed by atoms with Gasteiger partial charge in [-0.3, -0.25) is 9.71 Å². The first kappa shape index (κ1) is 18.7. The van der Waals surface area contributed by atoms with E-state index in [0.717, 1.165) is 16.8 Å². The maximum atomic E-state index is 12.5. The lowest BCUT2D eigenvalue weighted by atomic mass is 10.2. The molecule has 1 aromatic carbocycles. The fraction of sp³-hybridized carbons (Fsp3) is 0.158. The number of rotatable bonds is 7. The Morgan fingerprint density at radius 2 is 1.85 bits per heavy atom. The predicted molar refractivity (Wildman–Crippen MR) is 104 cm³/mol. The van der Waals surface area contributed by atoms with Gasteiger partial charge in [-0.2, -0.15) is 0 Å². The van der Waals surface area contributed by atoms with Gasteiger partial charge in [0.05, 0.1) is 23.9 Å². The van der Waals surface area contributed by atoms with E-state index in [-0.39, 0.29) is 10.7 Å². The van der Waals surface area contributed by atoms with Crippen LogP contribution in [-0.2, 0) is 16.6 Å². The van der Waals surface area contributed by atoms with Crippen LogP contribution in [0.1, 0.15) is 11.1 Å². The molecule has 8 heteroatoms. The van der Waals surface area contributed by atoms with Gasteiger partial charge in [0, 0.05) is 18.9 Å². The lowest BCUT2D eigenvalue weighted by Gasteiger charge is -2.11. The molecule has 0 aliphatic heterocycles. The number of benzene rings is 1. The van der Waals surface area contributed by atoms with Crippen molar-refractivity contribution in [3.8, 4) is 5.75 Å². The minimum absolute atomic E-state index is 0.155. The molecule has 0 fully saturated rings. The second-order valence-corrected chi connectivity index (χ2v) is 7.56. The molecular formula is C19H20N4O3S. The summed E-state index contributed by atoms with van der Waals surface area (Å²) in [5.74, 6) is 0.884. The van der Waals surface area contributed by atoms with Crippen molar-refractivity contribution in [2.45, 2.75) is 18.4 Å². The molecule has 3 aromatic rings. The monoisotopic (exact) mass is 384 g/mol. The summed E-state index contributed by atoms with van der Waals surface area (Å²) >= 11 is 0. The minimum Gasteiger partial charge on any atom is -0.496 e. The Bertz CT molecular complexity index is 1010. The van der Waals surface area contributed by atoms with Crippen LogP contribution in [0.3, 0.4) is 0 Å². The van der Waals surface area contributed by atoms with Crippen molar-refractivity contribution >= 4 is 21.5 Å². The van der Waals surface area contributed by atoms with E-state index in [2.05, 4.69) is 20.0 Å². The lowest BCUT2D eigenvalue weighted by molar-refractivity contribution is 0.411. The largest absolute Gasteiger partial charge is 0.496 e. The van der Waals surface area contributed by atoms with Gasteiger partial charge in [0.25, 0.3) is 10.0 Å². The Morgan fingerprint density at radius 1 is 1.07 bits per heavy atom. The molecule has 0 aliphatic carbocycles. The van der Waals surface area contributed by atoms with Crippen LogP contribution >= 0.6 is 0 Å². The summed E-state index contributed by atoms with van der Waals surface area (Å²) in [5.41, 5.74) is 2.61. The minimum atomic E-state index is -3.72. The zero-order chi connectivity index (χ0) is 19.3. The molecule has 2 N–H and O–H groups in total. The Labute approximate surface area is 158 Å². The van der Waals surface area contributed by atoms with Gasteiger partial charge in [-0.1, -0.05) is 0 Å². The molecule has 0 spiro atoms. The van der Waals surface area contributed by atoms with E-state index in [4.69, 9.17) is 4.74 Å². The summed E-state index contributed by atoms with van der Waals surface area (Å²) in [7, 11) is -2.18. The highest BCUT2D eigenvalue weighted by molar-refractivity contribution is 7.92. The zero-order valence-corrected chi connectivity index (χ0v) is 15.8. The number of nitrogens with one attached hydrogen (secondary N) is 2. The molecule has 0 unspecified atom stereocenters. The van der Waals surface area contributed by atoms with Crippen molar-refractivity contribution in [1.82, 2.24) is 9.97 Å². The summed E-state index contributed by atoms with van der Waals surface area (Å²) in [4.78, 5) is 8.30. The van der Waals surface area contributed by atoms with Gasteiger partial charge >= 0.3 is 0 Å². The number of aryl methyl sites for hydroxylation is 1. The van der Waals surface area contributed by atoms with Gasteiger partial charge in [0.2, 0.25) is 0 Å². The third-order valence-electron chi connectivity index (χ3n) is 3.93. The summed E-state index contributed by atoms with van der Waals surface area (Å²) in [5, 5.41) is 3.22. The zero-order valence-electron chi connectivity index (χ0n) is 15.0. The second kappa shape index (κ2) is 8.05. The van der Waals surface area contributed by atoms with Crippen molar-refractivity contribution in [3.63, 3.8) is 0 Å². The number of anilines is 2. The number of pyridine rings is 2. The molecule has 0 radical (unpaired) electrons. The number of methoxy groups -OCH3 is 1. The van der Waals surface area contributed by atoms with E-state index in [9.17, 15) is 8.42 Å². The Morgan fingerprint density at radius 3 is 2.48 bits per heavy atom. The maximum Gasteiger partial charge on any atom is 0.263 e. The molecule has 0 saturated heterocycles. The van der Waals surface area contributed by atoms with Crippen molar-refractivity contribution < 1.29 is 13.2 Å². The number of hydrogen-bond donors (Lipinski definition) is 2. The summed E-state index contributed by atoms with van der Waals surface area (Å²) in [6.07, 6.45) is 5.04. The number of aromatic nitrogens is 2. The van der Waals surface area contributed by atoms with E-state index in [1.54, 1.807) is 56.9 Å². The van der Waals surface area contributed by atoms with Crippen LogP contribution in [0.25, 0.3) is 0 Å². The van der Waals surface area contributed by atoms with Crippen molar-refractivity contribution in [2.24, 2.45) is 0 Å². The third kappa shape index (κ3) is 4.73. The first-order valence-electron chi connectivity index (χ1n) is 8.24. The number of ether oxygens (including phenoxy) is 1. The fourth-order valence-corrected chi connectivity index (χ4v) is 3.57. The average molecular weight is 384 g/mol. The average Bonchev–Trinajstić information content (AvgIpc) is 2.68. The van der Waals surface area contributed by atoms with E-state index < -0.39 is 10.0 Å². The lowest BCUT2D eigenvalue weighted by Crippen LogP contribution is -2.14. The van der Waals surface area contributed by atoms with Gasteiger partial charge < -0.3 is 10.1 Å². The topological polar surface area (TPSA) is 93.2 Å². The van der Waals surface area contributed by atoms with E-state index >= 15 is 0 Å². The first-order valence-corrected chi connectivity index (χ1v) is 9.72. The smallest absolute Gasteiger partial charge is 0.263 e. The highest BCUT2D eigenvalue weighted by Crippen LogP contribution is 2.23. The standard InChI is InChI=1S/C19H20N4O3S/c1-14-11-17(4-5-18(14)26-2)27(24,25)23-19-6-3-16(13-22-19)21-12-15-7-9-20-10-8-15/h3-11,13,21H,12H2,1-2H3,(H,22,23). The molecule has 0 atom stereocenters. The van der Waals surface area contributed by atoms with Crippen molar-refractivity contribution in [2.75, 3.05) is 17.1 Å². The molecule has 0 aliphatic rings. The normalized spacial score (nSPS) is 11.0. The van der Waals surface area contributed by atoms with Gasteiger partial charge in [-0.05, 0) is 60.5 Å². The molecular weight excluding hydrogens is 364 g/mol. The van der Waals surface area contributed by atoms with Crippen LogP contribution in [0.2, 0.25) is 0 Å². The Kier molecular flexibility index (Phi) is 5.56. The molecule has 0 saturated carbocycles. The van der Waals surface area contributed by atoms with Gasteiger partial charge in [-0.25, -0.2) is 13.4 Å². The van der Waals surface area contributed by atoms with Crippen molar-refractivity contribution in [1.29, 1.82) is 0 Å². The van der Waals surface area contributed by atoms with E-state index in [1.165, 1.54) is 6.07 Å². The van der Waals surface area contributed by atoms with Crippen LogP contribution in [0.15, 0.2) is 66.0 Å². The highest BCUT2D eigenvalue weighted by atomic mass is 32.2.